The molecule has 2 aliphatic carbocycles. The van der Waals surface area contributed by atoms with E-state index in [4.69, 9.17) is 9.26 Å². The molecule has 1 aromatic rings. The second-order valence-corrected chi connectivity index (χ2v) is 6.84. The first-order valence-electron chi connectivity index (χ1n) is 6.54. The number of halogens is 1. The zero-order valence-corrected chi connectivity index (χ0v) is 13.9. The van der Waals surface area contributed by atoms with Crippen LogP contribution in [0.5, 0.6) is 5.75 Å². The molecule has 5 heteroatoms. The van der Waals surface area contributed by atoms with Crippen LogP contribution >= 0.6 is 28.5 Å². The summed E-state index contributed by atoms with van der Waals surface area (Å²) < 4.78 is 10.7. The van der Waals surface area contributed by atoms with Gasteiger partial charge >= 0.3 is 5.97 Å². The Bertz CT molecular complexity index is 519. The minimum Gasteiger partial charge on any atom is -0.467 e. The lowest BCUT2D eigenvalue weighted by atomic mass is 9.95. The summed E-state index contributed by atoms with van der Waals surface area (Å²) in [5.41, 5.74) is 2.76. The fourth-order valence-corrected chi connectivity index (χ4v) is 4.27. The topological polar surface area (TPSA) is 35.5 Å². The first-order valence-corrected chi connectivity index (χ1v) is 10.6. The molecular formula is C14H16IO3P. The molecule has 0 heterocycles. The van der Waals surface area contributed by atoms with Crippen molar-refractivity contribution in [3.63, 3.8) is 0 Å². The molecular weight excluding hydrogens is 374 g/mol. The Morgan fingerprint density at radius 3 is 3.16 bits per heavy atom. The van der Waals surface area contributed by atoms with E-state index in [1.807, 2.05) is 13.0 Å². The number of fused-ring (bicyclic) bond motifs is 2. The summed E-state index contributed by atoms with van der Waals surface area (Å²) in [7, 11) is 0. The molecule has 0 aromatic heterocycles. The normalized spacial score (nSPS) is 27.8. The van der Waals surface area contributed by atoms with Gasteiger partial charge in [0.05, 0.1) is 12.5 Å². The molecule has 1 aromatic carbocycles. The smallest absolute Gasteiger partial charge is 0.309 e. The molecule has 3 rings (SSSR count). The van der Waals surface area contributed by atoms with Gasteiger partial charge in [-0.15, -0.1) is 0 Å². The fraction of sp³-hybridized carbons (Fsp3) is 0.500. The Balaban J connectivity index is 1.82. The molecule has 1 saturated carbocycles. The standard InChI is InChI=1S/C14H16IO3P/c1-2-17-13(16)12-8-14(12)6-5-9-7-10(18-19-15)3-4-11(9)14/h3-4,7,12,19H,2,5-6,8H2,1H3. The highest BCUT2D eigenvalue weighted by atomic mass is 127. The number of aryl methyl sites for hydroxylation is 1. The molecule has 0 aliphatic heterocycles. The Morgan fingerprint density at radius 2 is 2.42 bits per heavy atom. The van der Waals surface area contributed by atoms with Crippen LogP contribution in [0.4, 0.5) is 0 Å². The molecule has 0 N–H and O–H groups in total. The van der Waals surface area contributed by atoms with Crippen molar-refractivity contribution in [3.05, 3.63) is 29.3 Å². The number of benzene rings is 1. The molecule has 3 nitrogen and oxygen atoms in total. The summed E-state index contributed by atoms with van der Waals surface area (Å²) in [5, 5.41) is 0. The Kier molecular flexibility index (Phi) is 3.73. The molecule has 3 unspecified atom stereocenters. The van der Waals surface area contributed by atoms with Crippen molar-refractivity contribution in [1.29, 1.82) is 0 Å². The number of hydrogen-bond acceptors (Lipinski definition) is 3. The number of carbonyl (C=O) groups is 1. The largest absolute Gasteiger partial charge is 0.467 e. The van der Waals surface area contributed by atoms with Gasteiger partial charge in [-0.1, -0.05) is 6.07 Å². The SMILES string of the molecule is CCOC(=O)C1CC12CCc1cc(OPI)ccc12. The monoisotopic (exact) mass is 390 g/mol. The van der Waals surface area contributed by atoms with Gasteiger partial charge in [-0.3, -0.25) is 4.79 Å². The minimum absolute atomic E-state index is 0.0237. The molecule has 0 amide bonds. The number of carbonyl (C=O) groups excluding carboxylic acids is 1. The van der Waals surface area contributed by atoms with Gasteiger partial charge in [0.15, 0.2) is 0 Å². The van der Waals surface area contributed by atoms with Gasteiger partial charge in [0.25, 0.3) is 0 Å². The first-order chi connectivity index (χ1) is 9.21. The molecule has 0 radical (unpaired) electrons. The second-order valence-electron chi connectivity index (χ2n) is 5.16. The Morgan fingerprint density at radius 1 is 1.58 bits per heavy atom. The third-order valence-electron chi connectivity index (χ3n) is 4.26. The summed E-state index contributed by atoms with van der Waals surface area (Å²) >= 11 is 2.22. The van der Waals surface area contributed by atoms with E-state index in [9.17, 15) is 4.79 Å². The van der Waals surface area contributed by atoms with Gasteiger partial charge in [-0.25, -0.2) is 0 Å². The zero-order valence-electron chi connectivity index (χ0n) is 10.7. The maximum atomic E-state index is 11.9. The Hall–Kier alpha value is -0.350. The molecule has 1 fully saturated rings. The lowest BCUT2D eigenvalue weighted by Gasteiger charge is -2.11. The van der Waals surface area contributed by atoms with E-state index in [0.717, 1.165) is 25.0 Å². The summed E-state index contributed by atoms with van der Waals surface area (Å²) in [6.45, 7) is 2.78. The van der Waals surface area contributed by atoms with Crippen LogP contribution in [0.15, 0.2) is 18.2 Å². The lowest BCUT2D eigenvalue weighted by Crippen LogP contribution is -2.15. The number of hydrogen-bond donors (Lipinski definition) is 0. The van der Waals surface area contributed by atoms with E-state index in [1.54, 1.807) is 0 Å². The van der Waals surface area contributed by atoms with Crippen molar-refractivity contribution in [1.82, 2.24) is 0 Å². The summed E-state index contributed by atoms with van der Waals surface area (Å²) in [4.78, 5) is 11.9. The van der Waals surface area contributed by atoms with Crippen molar-refractivity contribution in [3.8, 4) is 5.75 Å². The van der Waals surface area contributed by atoms with Crippen molar-refractivity contribution >= 4 is 34.5 Å². The van der Waals surface area contributed by atoms with Crippen molar-refractivity contribution in [2.24, 2.45) is 5.92 Å². The third-order valence-corrected chi connectivity index (χ3v) is 5.23. The average molecular weight is 390 g/mol. The van der Waals surface area contributed by atoms with Crippen LogP contribution < -0.4 is 4.52 Å². The maximum Gasteiger partial charge on any atom is 0.309 e. The lowest BCUT2D eigenvalue weighted by molar-refractivity contribution is -0.145. The molecule has 2 aliphatic rings. The fourth-order valence-electron chi connectivity index (χ4n) is 3.29. The summed E-state index contributed by atoms with van der Waals surface area (Å²) in [5.74, 6) is 0.994. The number of esters is 1. The third kappa shape index (κ3) is 2.27. The van der Waals surface area contributed by atoms with Crippen LogP contribution in [-0.2, 0) is 21.4 Å². The van der Waals surface area contributed by atoms with Crippen LogP contribution in [0.1, 0.15) is 30.9 Å². The predicted octanol–water partition coefficient (Wildman–Crippen LogP) is 3.78. The van der Waals surface area contributed by atoms with Gasteiger partial charge in [-0.05, 0) is 71.5 Å². The van der Waals surface area contributed by atoms with E-state index in [2.05, 4.69) is 34.2 Å². The van der Waals surface area contributed by atoms with Gasteiger partial charge < -0.3 is 9.26 Å². The van der Waals surface area contributed by atoms with Crippen LogP contribution in [0.25, 0.3) is 0 Å². The summed E-state index contributed by atoms with van der Waals surface area (Å²) in [6, 6.07) is 6.31. The van der Waals surface area contributed by atoms with Crippen LogP contribution in [0.2, 0.25) is 0 Å². The second kappa shape index (κ2) is 5.21. The molecule has 1 spiro atoms. The van der Waals surface area contributed by atoms with Crippen molar-refractivity contribution < 1.29 is 14.1 Å². The molecule has 0 saturated heterocycles. The number of ether oxygens (including phenoxy) is 1. The van der Waals surface area contributed by atoms with Gasteiger partial charge in [0, 0.05) is 5.41 Å². The van der Waals surface area contributed by atoms with Gasteiger partial charge in [0.2, 0.25) is 0 Å². The molecule has 102 valence electrons. The highest BCUT2D eigenvalue weighted by Gasteiger charge is 2.62. The van der Waals surface area contributed by atoms with Crippen LogP contribution in [0, 0.1) is 5.92 Å². The van der Waals surface area contributed by atoms with E-state index < -0.39 is 0 Å². The Labute approximate surface area is 127 Å². The molecule has 0 bridgehead atoms. The summed E-state index contributed by atoms with van der Waals surface area (Å²) in [6.07, 6.45) is 3.07. The van der Waals surface area contributed by atoms with E-state index in [1.165, 1.54) is 11.1 Å². The van der Waals surface area contributed by atoms with E-state index >= 15 is 0 Å². The zero-order chi connectivity index (χ0) is 13.5. The minimum atomic E-state index is -0.0237. The van der Waals surface area contributed by atoms with Crippen LogP contribution in [0.3, 0.4) is 0 Å². The first kappa shape index (κ1) is 13.6. The maximum absolute atomic E-state index is 11.9. The number of rotatable bonds is 4. The van der Waals surface area contributed by atoms with Gasteiger partial charge in [-0.2, -0.15) is 0 Å². The molecule has 19 heavy (non-hydrogen) atoms. The highest BCUT2D eigenvalue weighted by molar-refractivity contribution is 14.2. The average Bonchev–Trinajstić information content (AvgIpc) is 3.02. The van der Waals surface area contributed by atoms with E-state index in [0.29, 0.717) is 13.1 Å². The van der Waals surface area contributed by atoms with Crippen molar-refractivity contribution in [2.75, 3.05) is 6.61 Å². The van der Waals surface area contributed by atoms with Crippen molar-refractivity contribution in [2.45, 2.75) is 31.6 Å². The highest BCUT2D eigenvalue weighted by Crippen LogP contribution is 2.62. The van der Waals surface area contributed by atoms with Crippen LogP contribution in [-0.4, -0.2) is 12.6 Å². The van der Waals surface area contributed by atoms with E-state index in [-0.39, 0.29) is 17.3 Å². The predicted molar refractivity (Wildman–Crippen MR) is 84.1 cm³/mol. The quantitative estimate of drug-likeness (QED) is 0.446. The molecule has 3 atom stereocenters. The van der Waals surface area contributed by atoms with Gasteiger partial charge in [0.1, 0.15) is 12.2 Å².